The van der Waals surface area contributed by atoms with Crippen LogP contribution in [0.25, 0.3) is 0 Å². The summed E-state index contributed by atoms with van der Waals surface area (Å²) in [5.74, 6) is -0.148. The number of carbonyl (C=O) groups excluding carboxylic acids is 1. The van der Waals surface area contributed by atoms with E-state index in [1.807, 2.05) is 0 Å². The first-order chi connectivity index (χ1) is 11.1. The second-order valence-electron chi connectivity index (χ2n) is 6.04. The fourth-order valence-corrected chi connectivity index (χ4v) is 2.50. The molecular weight excluding hydrogens is 382 g/mol. The standard InChI is InChI=1S/C16H22BrNO6/c1-16(2,3)24-15(21)18-11(14(19)20)7-9-6-10(17)13(23-5)8-12(9)22-4/h6,8,11H,7H2,1-5H3,(H,18,21)(H,19,20). The molecule has 1 unspecified atom stereocenters. The van der Waals surface area contributed by atoms with Gasteiger partial charge in [0, 0.05) is 12.5 Å². The molecule has 0 saturated heterocycles. The van der Waals surface area contributed by atoms with Crippen LogP contribution in [0.3, 0.4) is 0 Å². The minimum Gasteiger partial charge on any atom is -0.496 e. The summed E-state index contributed by atoms with van der Waals surface area (Å²) in [4.78, 5) is 23.3. The monoisotopic (exact) mass is 403 g/mol. The molecule has 2 N–H and O–H groups in total. The van der Waals surface area contributed by atoms with E-state index in [9.17, 15) is 14.7 Å². The van der Waals surface area contributed by atoms with Crippen molar-refractivity contribution in [2.24, 2.45) is 0 Å². The molecular formula is C16H22BrNO6. The molecule has 1 aromatic rings. The van der Waals surface area contributed by atoms with Gasteiger partial charge in [-0.2, -0.15) is 0 Å². The van der Waals surface area contributed by atoms with Crippen LogP contribution in [0.5, 0.6) is 11.5 Å². The number of alkyl carbamates (subject to hydrolysis) is 1. The summed E-state index contributed by atoms with van der Waals surface area (Å²) in [6.45, 7) is 5.10. The van der Waals surface area contributed by atoms with Crippen molar-refractivity contribution in [1.29, 1.82) is 0 Å². The lowest BCUT2D eigenvalue weighted by Crippen LogP contribution is -2.44. The number of nitrogens with one attached hydrogen (secondary N) is 1. The number of hydrogen-bond acceptors (Lipinski definition) is 5. The van der Waals surface area contributed by atoms with Gasteiger partial charge < -0.3 is 24.6 Å². The number of rotatable bonds is 6. The molecule has 0 radical (unpaired) electrons. The van der Waals surface area contributed by atoms with Crippen LogP contribution in [0.15, 0.2) is 16.6 Å². The predicted molar refractivity (Wildman–Crippen MR) is 91.7 cm³/mol. The van der Waals surface area contributed by atoms with Crippen LogP contribution >= 0.6 is 15.9 Å². The number of carboxylic acids is 1. The smallest absolute Gasteiger partial charge is 0.408 e. The summed E-state index contributed by atoms with van der Waals surface area (Å²) in [5, 5.41) is 11.7. The Kier molecular flexibility index (Phi) is 6.89. The summed E-state index contributed by atoms with van der Waals surface area (Å²) in [7, 11) is 2.99. The number of aliphatic carboxylic acids is 1. The van der Waals surface area contributed by atoms with Gasteiger partial charge in [-0.1, -0.05) is 0 Å². The second kappa shape index (κ2) is 8.23. The van der Waals surface area contributed by atoms with Crippen molar-refractivity contribution < 1.29 is 28.9 Å². The molecule has 0 heterocycles. The number of hydrogen-bond donors (Lipinski definition) is 2. The molecule has 0 bridgehead atoms. The van der Waals surface area contributed by atoms with Crippen molar-refractivity contribution in [3.8, 4) is 11.5 Å². The number of benzene rings is 1. The molecule has 0 spiro atoms. The average Bonchev–Trinajstić information content (AvgIpc) is 2.44. The largest absolute Gasteiger partial charge is 0.496 e. The van der Waals surface area contributed by atoms with E-state index in [-0.39, 0.29) is 6.42 Å². The summed E-state index contributed by atoms with van der Waals surface area (Å²) in [6, 6.07) is 2.19. The van der Waals surface area contributed by atoms with Crippen molar-refractivity contribution in [2.45, 2.75) is 38.8 Å². The summed E-state index contributed by atoms with van der Waals surface area (Å²) < 4.78 is 16.2. The fraction of sp³-hybridized carbons (Fsp3) is 0.500. The topological polar surface area (TPSA) is 94.1 Å². The Hall–Kier alpha value is -1.96. The molecule has 1 rings (SSSR count). The molecule has 1 aromatic carbocycles. The number of methoxy groups -OCH3 is 2. The molecule has 24 heavy (non-hydrogen) atoms. The molecule has 0 aliphatic heterocycles. The van der Waals surface area contributed by atoms with Crippen LogP contribution < -0.4 is 14.8 Å². The van der Waals surface area contributed by atoms with Crippen molar-refractivity contribution in [1.82, 2.24) is 5.32 Å². The van der Waals surface area contributed by atoms with Gasteiger partial charge in [-0.3, -0.25) is 0 Å². The van der Waals surface area contributed by atoms with E-state index >= 15 is 0 Å². The lowest BCUT2D eigenvalue weighted by Gasteiger charge is -2.22. The Morgan fingerprint density at radius 2 is 1.79 bits per heavy atom. The third-order valence-corrected chi connectivity index (χ3v) is 3.59. The van der Waals surface area contributed by atoms with Crippen LogP contribution in [0.4, 0.5) is 4.79 Å². The van der Waals surface area contributed by atoms with Gasteiger partial charge in [-0.25, -0.2) is 9.59 Å². The SMILES string of the molecule is COc1cc(OC)c(CC(NC(=O)OC(C)(C)C)C(=O)O)cc1Br. The number of carbonyl (C=O) groups is 2. The molecule has 0 saturated carbocycles. The van der Waals surface area contributed by atoms with E-state index in [0.29, 0.717) is 21.5 Å². The van der Waals surface area contributed by atoms with E-state index < -0.39 is 23.7 Å². The van der Waals surface area contributed by atoms with Crippen molar-refractivity contribution in [2.75, 3.05) is 14.2 Å². The minimum absolute atomic E-state index is 0.0281. The molecule has 0 aromatic heterocycles. The molecule has 7 nitrogen and oxygen atoms in total. The average molecular weight is 404 g/mol. The van der Waals surface area contributed by atoms with Crippen LogP contribution in [0.1, 0.15) is 26.3 Å². The van der Waals surface area contributed by atoms with Gasteiger partial charge in [0.2, 0.25) is 0 Å². The predicted octanol–water partition coefficient (Wildman–Crippen LogP) is 2.99. The van der Waals surface area contributed by atoms with E-state index in [1.54, 1.807) is 32.9 Å². The normalized spacial score (nSPS) is 12.2. The van der Waals surface area contributed by atoms with Crippen LogP contribution in [0, 0.1) is 0 Å². The van der Waals surface area contributed by atoms with Crippen molar-refractivity contribution in [3.63, 3.8) is 0 Å². The lowest BCUT2D eigenvalue weighted by molar-refractivity contribution is -0.139. The molecule has 0 fully saturated rings. The van der Waals surface area contributed by atoms with Crippen LogP contribution in [-0.2, 0) is 16.0 Å². The van der Waals surface area contributed by atoms with Gasteiger partial charge in [-0.15, -0.1) is 0 Å². The maximum absolute atomic E-state index is 11.8. The van der Waals surface area contributed by atoms with Gasteiger partial charge in [0.25, 0.3) is 0 Å². The first-order valence-electron chi connectivity index (χ1n) is 7.20. The maximum atomic E-state index is 11.8. The quantitative estimate of drug-likeness (QED) is 0.757. The maximum Gasteiger partial charge on any atom is 0.408 e. The van der Waals surface area contributed by atoms with Gasteiger partial charge in [0.05, 0.1) is 18.7 Å². The Labute approximate surface area is 149 Å². The van der Waals surface area contributed by atoms with Crippen LogP contribution in [-0.4, -0.2) is 43.0 Å². The number of amides is 1. The zero-order chi connectivity index (χ0) is 18.5. The molecule has 1 atom stereocenters. The van der Waals surface area contributed by atoms with Gasteiger partial charge >= 0.3 is 12.1 Å². The number of ether oxygens (including phenoxy) is 3. The Bertz CT molecular complexity index is 611. The zero-order valence-corrected chi connectivity index (χ0v) is 15.9. The van der Waals surface area contributed by atoms with E-state index in [2.05, 4.69) is 21.2 Å². The highest BCUT2D eigenvalue weighted by atomic mass is 79.9. The third kappa shape index (κ3) is 5.92. The Morgan fingerprint density at radius 3 is 2.25 bits per heavy atom. The number of carboxylic acid groups (broad SMARTS) is 1. The third-order valence-electron chi connectivity index (χ3n) is 2.97. The van der Waals surface area contributed by atoms with Gasteiger partial charge in [0.1, 0.15) is 23.1 Å². The van der Waals surface area contributed by atoms with E-state index in [0.717, 1.165) is 0 Å². The Balaban J connectivity index is 2.99. The van der Waals surface area contributed by atoms with Gasteiger partial charge in [0.15, 0.2) is 0 Å². The molecule has 134 valence electrons. The van der Waals surface area contributed by atoms with Crippen LogP contribution in [0.2, 0.25) is 0 Å². The summed E-state index contributed by atoms with van der Waals surface area (Å²) >= 11 is 3.35. The second-order valence-corrected chi connectivity index (χ2v) is 6.89. The highest BCUT2D eigenvalue weighted by Crippen LogP contribution is 2.33. The molecule has 0 aliphatic rings. The highest BCUT2D eigenvalue weighted by Gasteiger charge is 2.25. The van der Waals surface area contributed by atoms with Crippen molar-refractivity contribution >= 4 is 28.0 Å². The molecule has 0 aliphatic carbocycles. The first kappa shape index (κ1) is 20.1. The first-order valence-corrected chi connectivity index (χ1v) is 7.99. The van der Waals surface area contributed by atoms with E-state index in [1.165, 1.54) is 14.2 Å². The van der Waals surface area contributed by atoms with E-state index in [4.69, 9.17) is 14.2 Å². The fourth-order valence-electron chi connectivity index (χ4n) is 1.95. The zero-order valence-electron chi connectivity index (χ0n) is 14.3. The summed E-state index contributed by atoms with van der Waals surface area (Å²) in [5.41, 5.74) is -0.109. The Morgan fingerprint density at radius 1 is 1.21 bits per heavy atom. The molecule has 8 heteroatoms. The summed E-state index contributed by atoms with van der Waals surface area (Å²) in [6.07, 6.45) is -0.762. The lowest BCUT2D eigenvalue weighted by atomic mass is 10.0. The van der Waals surface area contributed by atoms with Gasteiger partial charge in [-0.05, 0) is 48.3 Å². The molecule has 1 amide bonds. The number of halogens is 1. The minimum atomic E-state index is -1.17. The highest BCUT2D eigenvalue weighted by molar-refractivity contribution is 9.10. The van der Waals surface area contributed by atoms with Crippen molar-refractivity contribution in [3.05, 3.63) is 22.2 Å².